The first-order chi connectivity index (χ1) is 20.2. The molecule has 0 spiro atoms. The summed E-state index contributed by atoms with van der Waals surface area (Å²) >= 11 is 0. The zero-order valence-electron chi connectivity index (χ0n) is 23.5. The fourth-order valence-corrected chi connectivity index (χ4v) is 5.88. The molecule has 1 saturated carbocycles. The molecule has 4 rings (SSSR count). The van der Waals surface area contributed by atoms with Crippen molar-refractivity contribution in [2.24, 2.45) is 0 Å². The van der Waals surface area contributed by atoms with Crippen LogP contribution in [-0.4, -0.2) is 55.5 Å². The van der Waals surface area contributed by atoms with Crippen LogP contribution in [-0.2, 0) is 21.2 Å². The van der Waals surface area contributed by atoms with E-state index in [1.165, 1.54) is 0 Å². The van der Waals surface area contributed by atoms with Gasteiger partial charge in [-0.15, -0.1) is 0 Å². The average molecular weight is 595 g/mol. The third kappa shape index (κ3) is 9.40. The van der Waals surface area contributed by atoms with Crippen LogP contribution in [0.2, 0.25) is 0 Å². The number of aliphatic carboxylic acids is 1. The quantitative estimate of drug-likeness (QED) is 0.200. The van der Waals surface area contributed by atoms with E-state index in [0.29, 0.717) is 18.8 Å². The molecule has 10 heteroatoms. The van der Waals surface area contributed by atoms with Crippen molar-refractivity contribution in [2.45, 2.75) is 57.2 Å². The summed E-state index contributed by atoms with van der Waals surface area (Å²) in [7, 11) is -4.12. The maximum Gasteiger partial charge on any atom is 0.304 e. The molecule has 0 saturated heterocycles. The van der Waals surface area contributed by atoms with Gasteiger partial charge in [0.05, 0.1) is 29.9 Å². The van der Waals surface area contributed by atoms with Crippen molar-refractivity contribution in [3.05, 3.63) is 89.5 Å². The maximum absolute atomic E-state index is 13.0. The standard InChI is InChI=1S/C32H38N2O7S/c35-29(25-7-3-1-4-8-25)22-33-19-17-23-11-13-24(14-12-23)26-15-16-28(30(21-26)41-27-9-5-2-6-10-27)32(38)34-42(39,40)20-18-31(36)37/h1,3-4,7-8,11-16,21,27,29,33,35H,2,5-6,9-10,17-20,22H2,(H,34,38)(H,36,37)/t29-/m1/s1. The van der Waals surface area contributed by atoms with E-state index >= 15 is 0 Å². The highest BCUT2D eigenvalue weighted by Gasteiger charge is 2.23. The normalized spacial score (nSPS) is 14.7. The Labute approximate surface area is 247 Å². The summed E-state index contributed by atoms with van der Waals surface area (Å²) in [4.78, 5) is 23.8. The summed E-state index contributed by atoms with van der Waals surface area (Å²) in [5.74, 6) is -2.50. The average Bonchev–Trinajstić information content (AvgIpc) is 2.99. The third-order valence-electron chi connectivity index (χ3n) is 7.30. The zero-order valence-corrected chi connectivity index (χ0v) is 24.3. The van der Waals surface area contributed by atoms with Crippen molar-refractivity contribution >= 4 is 21.9 Å². The molecular weight excluding hydrogens is 556 g/mol. The second-order valence-electron chi connectivity index (χ2n) is 10.6. The molecule has 1 atom stereocenters. The highest BCUT2D eigenvalue weighted by Crippen LogP contribution is 2.31. The molecule has 1 aliphatic rings. The molecule has 9 nitrogen and oxygen atoms in total. The maximum atomic E-state index is 13.0. The molecular formula is C32H38N2O7S. The summed E-state index contributed by atoms with van der Waals surface area (Å²) in [6.07, 6.45) is 4.44. The highest BCUT2D eigenvalue weighted by molar-refractivity contribution is 7.90. The first-order valence-electron chi connectivity index (χ1n) is 14.3. The summed E-state index contributed by atoms with van der Waals surface area (Å²) in [5.41, 5.74) is 3.83. The minimum absolute atomic E-state index is 0.0700. The molecule has 4 N–H and O–H groups in total. The number of carboxylic acid groups (broad SMARTS) is 1. The van der Waals surface area contributed by atoms with Crippen molar-refractivity contribution in [3.63, 3.8) is 0 Å². The number of hydrogen-bond acceptors (Lipinski definition) is 7. The van der Waals surface area contributed by atoms with Gasteiger partial charge in [-0.3, -0.25) is 9.59 Å². The van der Waals surface area contributed by atoms with E-state index < -0.39 is 40.2 Å². The molecule has 0 aliphatic heterocycles. The molecule has 1 aliphatic carbocycles. The SMILES string of the molecule is O=C(O)CCS(=O)(=O)NC(=O)c1ccc(-c2ccc(CCNC[C@@H](O)c3ccccc3)cc2)cc1OC1CCCCC1. The molecule has 0 radical (unpaired) electrons. The Morgan fingerprint density at radius 2 is 1.62 bits per heavy atom. The number of nitrogens with one attached hydrogen (secondary N) is 2. The lowest BCUT2D eigenvalue weighted by Crippen LogP contribution is -2.33. The molecule has 3 aromatic rings. The van der Waals surface area contributed by atoms with Gasteiger partial charge < -0.3 is 20.3 Å². The minimum Gasteiger partial charge on any atom is -0.490 e. The Kier molecular flexibility index (Phi) is 11.1. The smallest absolute Gasteiger partial charge is 0.304 e. The number of ether oxygens (including phenoxy) is 1. The number of aliphatic hydroxyl groups excluding tert-OH is 1. The van der Waals surface area contributed by atoms with Crippen molar-refractivity contribution in [1.29, 1.82) is 0 Å². The number of amides is 1. The largest absolute Gasteiger partial charge is 0.490 e. The number of hydrogen-bond donors (Lipinski definition) is 4. The first kappa shape index (κ1) is 31.2. The van der Waals surface area contributed by atoms with Gasteiger partial charge in [-0.05, 0) is 73.0 Å². The van der Waals surface area contributed by atoms with Gasteiger partial charge >= 0.3 is 5.97 Å². The van der Waals surface area contributed by atoms with Crippen LogP contribution >= 0.6 is 0 Å². The number of aliphatic hydroxyl groups is 1. The molecule has 0 unspecified atom stereocenters. The van der Waals surface area contributed by atoms with E-state index in [9.17, 15) is 23.1 Å². The molecule has 42 heavy (non-hydrogen) atoms. The van der Waals surface area contributed by atoms with Gasteiger partial charge in [-0.2, -0.15) is 0 Å². The van der Waals surface area contributed by atoms with E-state index in [0.717, 1.165) is 60.8 Å². The van der Waals surface area contributed by atoms with Crippen molar-refractivity contribution in [2.75, 3.05) is 18.8 Å². The Bertz CT molecular complexity index is 1440. The molecule has 0 bridgehead atoms. The van der Waals surface area contributed by atoms with Crippen LogP contribution in [0.5, 0.6) is 5.75 Å². The van der Waals surface area contributed by atoms with E-state index in [1.54, 1.807) is 18.2 Å². The second kappa shape index (κ2) is 14.9. The first-order valence-corrected chi connectivity index (χ1v) is 16.0. The van der Waals surface area contributed by atoms with E-state index in [1.807, 2.05) is 59.3 Å². The fourth-order valence-electron chi connectivity index (χ4n) is 4.95. The van der Waals surface area contributed by atoms with Crippen LogP contribution in [0.3, 0.4) is 0 Å². The highest BCUT2D eigenvalue weighted by atomic mass is 32.2. The van der Waals surface area contributed by atoms with Gasteiger partial charge in [-0.1, -0.05) is 67.1 Å². The van der Waals surface area contributed by atoms with Crippen molar-refractivity contribution < 1.29 is 33.0 Å². The third-order valence-corrected chi connectivity index (χ3v) is 8.54. The fraction of sp³-hybridized carbons (Fsp3) is 0.375. The van der Waals surface area contributed by atoms with Gasteiger partial charge in [-0.25, -0.2) is 13.1 Å². The van der Waals surface area contributed by atoms with Gasteiger partial charge in [0.15, 0.2) is 0 Å². The topological polar surface area (TPSA) is 142 Å². The van der Waals surface area contributed by atoms with E-state index in [2.05, 4.69) is 5.32 Å². The molecule has 224 valence electrons. The van der Waals surface area contributed by atoms with Crippen LogP contribution in [0, 0.1) is 0 Å². The predicted molar refractivity (Wildman–Crippen MR) is 161 cm³/mol. The van der Waals surface area contributed by atoms with Crippen LogP contribution in [0.15, 0.2) is 72.8 Å². The van der Waals surface area contributed by atoms with E-state index in [-0.39, 0.29) is 11.7 Å². The molecule has 0 heterocycles. The van der Waals surface area contributed by atoms with Gasteiger partial charge in [0.1, 0.15) is 5.75 Å². The Morgan fingerprint density at radius 3 is 2.31 bits per heavy atom. The summed E-state index contributed by atoms with van der Waals surface area (Å²) < 4.78 is 32.8. The van der Waals surface area contributed by atoms with Crippen LogP contribution in [0.1, 0.15) is 66.1 Å². The summed E-state index contributed by atoms with van der Waals surface area (Å²) in [5, 5.41) is 22.4. The zero-order chi connectivity index (χ0) is 30.0. The number of benzene rings is 3. The van der Waals surface area contributed by atoms with E-state index in [4.69, 9.17) is 9.84 Å². The van der Waals surface area contributed by atoms with Crippen molar-refractivity contribution in [1.82, 2.24) is 10.0 Å². The van der Waals surface area contributed by atoms with Crippen LogP contribution in [0.4, 0.5) is 0 Å². The lowest BCUT2D eigenvalue weighted by molar-refractivity contribution is -0.136. The number of carboxylic acids is 1. The lowest BCUT2D eigenvalue weighted by Gasteiger charge is -2.24. The monoisotopic (exact) mass is 594 g/mol. The second-order valence-corrected chi connectivity index (χ2v) is 12.4. The molecule has 1 fully saturated rings. The Balaban J connectivity index is 1.42. The number of carbonyl (C=O) groups excluding carboxylic acids is 1. The van der Waals surface area contributed by atoms with Crippen LogP contribution in [0.25, 0.3) is 11.1 Å². The minimum atomic E-state index is -4.12. The Morgan fingerprint density at radius 1 is 0.929 bits per heavy atom. The molecule has 0 aromatic heterocycles. The summed E-state index contributed by atoms with van der Waals surface area (Å²) in [6, 6.07) is 22.6. The summed E-state index contributed by atoms with van der Waals surface area (Å²) in [6.45, 7) is 1.18. The van der Waals surface area contributed by atoms with Crippen molar-refractivity contribution in [3.8, 4) is 16.9 Å². The van der Waals surface area contributed by atoms with Crippen LogP contribution < -0.4 is 14.8 Å². The van der Waals surface area contributed by atoms with Gasteiger partial charge in [0.2, 0.25) is 10.0 Å². The number of rotatable bonds is 14. The number of carbonyl (C=O) groups is 2. The van der Waals surface area contributed by atoms with Gasteiger partial charge in [0, 0.05) is 6.54 Å². The van der Waals surface area contributed by atoms with Gasteiger partial charge in [0.25, 0.3) is 5.91 Å². The molecule has 1 amide bonds. The lowest BCUT2D eigenvalue weighted by atomic mass is 9.97. The Hall–Kier alpha value is -3.73. The molecule has 3 aromatic carbocycles. The predicted octanol–water partition coefficient (Wildman–Crippen LogP) is 4.47. The number of sulfonamides is 1.